The van der Waals surface area contributed by atoms with Crippen LogP contribution < -0.4 is 0 Å². The number of nitrogens with zero attached hydrogens (tertiary/aromatic N) is 4. The van der Waals surface area contributed by atoms with Crippen molar-refractivity contribution in [2.75, 3.05) is 26.2 Å². The highest BCUT2D eigenvalue weighted by atomic mass is 16.2. The Hall–Kier alpha value is -1.85. The lowest BCUT2D eigenvalue weighted by Gasteiger charge is -2.34. The summed E-state index contributed by atoms with van der Waals surface area (Å²) in [5.74, 6) is 0.885. The van der Waals surface area contributed by atoms with Crippen molar-refractivity contribution in [2.45, 2.75) is 38.1 Å². The predicted octanol–water partition coefficient (Wildman–Crippen LogP) is 1.31. The second-order valence-electron chi connectivity index (χ2n) is 7.23. The topological polar surface area (TPSA) is 58.4 Å². The van der Waals surface area contributed by atoms with E-state index >= 15 is 0 Å². The molecule has 0 aromatic carbocycles. The number of rotatable bonds is 4. The van der Waals surface area contributed by atoms with E-state index in [9.17, 15) is 9.59 Å². The Kier molecular flexibility index (Phi) is 3.83. The normalized spacial score (nSPS) is 28.4. The average molecular weight is 316 g/mol. The Balaban J connectivity index is 1.37. The van der Waals surface area contributed by atoms with Crippen LogP contribution in [-0.4, -0.2) is 57.3 Å². The van der Waals surface area contributed by atoms with Gasteiger partial charge in [0, 0.05) is 45.0 Å². The molecule has 6 nitrogen and oxygen atoms in total. The molecule has 0 radical (unpaired) electrons. The zero-order chi connectivity index (χ0) is 15.8. The van der Waals surface area contributed by atoms with Gasteiger partial charge in [0.2, 0.25) is 11.8 Å². The van der Waals surface area contributed by atoms with Crippen molar-refractivity contribution >= 4 is 11.8 Å². The van der Waals surface area contributed by atoms with Crippen molar-refractivity contribution < 1.29 is 9.59 Å². The number of hydrogen-bond donors (Lipinski definition) is 0. The van der Waals surface area contributed by atoms with E-state index in [1.54, 1.807) is 6.20 Å². The fourth-order valence-electron chi connectivity index (χ4n) is 3.87. The number of imidazole rings is 1. The Bertz CT molecular complexity index is 581. The summed E-state index contributed by atoms with van der Waals surface area (Å²) in [6.07, 6.45) is 10.6. The third kappa shape index (κ3) is 3.12. The van der Waals surface area contributed by atoms with Crippen LogP contribution >= 0.6 is 0 Å². The highest BCUT2D eigenvalue weighted by Crippen LogP contribution is 2.32. The number of carbonyl (C=O) groups excluding carboxylic acids is 2. The number of likely N-dealkylation sites (tertiary alicyclic amines) is 2. The highest BCUT2D eigenvalue weighted by Gasteiger charge is 2.39. The van der Waals surface area contributed by atoms with E-state index in [2.05, 4.69) is 9.55 Å². The highest BCUT2D eigenvalue weighted by molar-refractivity contribution is 5.89. The van der Waals surface area contributed by atoms with Crippen molar-refractivity contribution in [3.8, 4) is 0 Å². The van der Waals surface area contributed by atoms with Gasteiger partial charge in [0.1, 0.15) is 0 Å². The van der Waals surface area contributed by atoms with E-state index in [-0.39, 0.29) is 17.7 Å². The fraction of sp³-hybridized carbons (Fsp3) is 0.706. The molecule has 23 heavy (non-hydrogen) atoms. The summed E-state index contributed by atoms with van der Waals surface area (Å²) < 4.78 is 2.10. The summed E-state index contributed by atoms with van der Waals surface area (Å²) in [6, 6.07) is 0.315. The molecule has 1 aromatic rings. The molecule has 1 aliphatic carbocycles. The average Bonchev–Trinajstić information content (AvgIpc) is 3.08. The molecule has 3 fully saturated rings. The lowest BCUT2D eigenvalue weighted by atomic mass is 10.0. The lowest BCUT2D eigenvalue weighted by molar-refractivity contribution is -0.137. The van der Waals surface area contributed by atoms with E-state index < -0.39 is 0 Å². The summed E-state index contributed by atoms with van der Waals surface area (Å²) in [7, 11) is 0. The van der Waals surface area contributed by atoms with Crippen LogP contribution in [0.3, 0.4) is 0 Å². The van der Waals surface area contributed by atoms with Crippen LogP contribution in [0, 0.1) is 11.8 Å². The summed E-state index contributed by atoms with van der Waals surface area (Å²) in [5.41, 5.74) is 0. The molecule has 1 aromatic heterocycles. The number of carbonyl (C=O) groups is 2. The van der Waals surface area contributed by atoms with Crippen LogP contribution in [0.1, 0.15) is 38.1 Å². The third-order valence-electron chi connectivity index (χ3n) is 5.39. The van der Waals surface area contributed by atoms with Crippen molar-refractivity contribution in [1.29, 1.82) is 0 Å². The van der Waals surface area contributed by atoms with E-state index in [1.165, 1.54) is 12.8 Å². The number of piperidine rings is 1. The molecule has 0 unspecified atom stereocenters. The molecule has 2 aliphatic heterocycles. The third-order valence-corrected chi connectivity index (χ3v) is 5.39. The molecular formula is C17H24N4O2. The smallest absolute Gasteiger partial charge is 0.228 e. The quantitative estimate of drug-likeness (QED) is 0.841. The number of hydrogen-bond acceptors (Lipinski definition) is 3. The zero-order valence-corrected chi connectivity index (χ0v) is 13.4. The molecular weight excluding hydrogens is 292 g/mol. The van der Waals surface area contributed by atoms with Crippen LogP contribution in [0.2, 0.25) is 0 Å². The van der Waals surface area contributed by atoms with E-state index in [4.69, 9.17) is 0 Å². The van der Waals surface area contributed by atoms with Crippen molar-refractivity contribution in [3.63, 3.8) is 0 Å². The summed E-state index contributed by atoms with van der Waals surface area (Å²) in [6.45, 7) is 3.04. The van der Waals surface area contributed by atoms with Gasteiger partial charge in [-0.2, -0.15) is 0 Å². The first-order valence-electron chi connectivity index (χ1n) is 8.74. The Morgan fingerprint density at radius 2 is 2.13 bits per heavy atom. The Morgan fingerprint density at radius 3 is 2.87 bits per heavy atom. The van der Waals surface area contributed by atoms with Crippen molar-refractivity contribution in [2.24, 2.45) is 11.8 Å². The van der Waals surface area contributed by atoms with Crippen molar-refractivity contribution in [1.82, 2.24) is 19.4 Å². The maximum Gasteiger partial charge on any atom is 0.228 e. The van der Waals surface area contributed by atoms with Gasteiger partial charge in [-0.1, -0.05) is 0 Å². The minimum absolute atomic E-state index is 0.136. The molecule has 3 aliphatic rings. The predicted molar refractivity (Wildman–Crippen MR) is 84.5 cm³/mol. The molecule has 124 valence electrons. The van der Waals surface area contributed by atoms with Gasteiger partial charge < -0.3 is 14.4 Å². The number of aromatic nitrogens is 2. The fourth-order valence-corrected chi connectivity index (χ4v) is 3.87. The molecule has 2 amide bonds. The molecule has 0 spiro atoms. The summed E-state index contributed by atoms with van der Waals surface area (Å²) in [5, 5.41) is 0. The Labute approximate surface area is 136 Å². The van der Waals surface area contributed by atoms with Gasteiger partial charge in [-0.05, 0) is 31.6 Å². The lowest BCUT2D eigenvalue weighted by Crippen LogP contribution is -2.44. The van der Waals surface area contributed by atoms with Gasteiger partial charge in [-0.15, -0.1) is 0 Å². The monoisotopic (exact) mass is 316 g/mol. The Morgan fingerprint density at radius 1 is 1.26 bits per heavy atom. The van der Waals surface area contributed by atoms with Crippen LogP contribution in [0.4, 0.5) is 0 Å². The SMILES string of the molecule is O=C1C[C@H](C(=O)N2CCC[C@@H](n3ccnc3)C2)CN1CC1CC1. The van der Waals surface area contributed by atoms with Gasteiger partial charge >= 0.3 is 0 Å². The maximum atomic E-state index is 12.8. The van der Waals surface area contributed by atoms with Crippen LogP contribution in [0.5, 0.6) is 0 Å². The largest absolute Gasteiger partial charge is 0.342 e. The van der Waals surface area contributed by atoms with Crippen LogP contribution in [-0.2, 0) is 9.59 Å². The van der Waals surface area contributed by atoms with Gasteiger partial charge in [0.25, 0.3) is 0 Å². The van der Waals surface area contributed by atoms with Crippen LogP contribution in [0.15, 0.2) is 18.7 Å². The van der Waals surface area contributed by atoms with Gasteiger partial charge in [0.15, 0.2) is 0 Å². The summed E-state index contributed by atoms with van der Waals surface area (Å²) in [4.78, 5) is 32.9. The van der Waals surface area contributed by atoms with Crippen LogP contribution in [0.25, 0.3) is 0 Å². The molecule has 0 bridgehead atoms. The van der Waals surface area contributed by atoms with E-state index in [0.29, 0.717) is 24.9 Å². The van der Waals surface area contributed by atoms with Gasteiger partial charge in [-0.3, -0.25) is 9.59 Å². The number of amides is 2. The zero-order valence-electron chi connectivity index (χ0n) is 13.4. The maximum absolute atomic E-state index is 12.8. The minimum atomic E-state index is -0.136. The first kappa shape index (κ1) is 14.7. The standard InChI is InChI=1S/C17H24N4O2/c22-16-8-14(10-21(16)9-13-3-4-13)17(23)19-6-1-2-15(11-19)20-7-5-18-12-20/h5,7,12-15H,1-4,6,8-11H2/t14-,15+/m0/s1. The molecule has 0 N–H and O–H groups in total. The van der Waals surface area contributed by atoms with Crippen molar-refractivity contribution in [3.05, 3.63) is 18.7 Å². The molecule has 1 saturated carbocycles. The van der Waals surface area contributed by atoms with Gasteiger partial charge in [0.05, 0.1) is 18.3 Å². The van der Waals surface area contributed by atoms with E-state index in [0.717, 1.165) is 32.5 Å². The molecule has 2 atom stereocenters. The second kappa shape index (κ2) is 5.98. The second-order valence-corrected chi connectivity index (χ2v) is 7.23. The first-order chi connectivity index (χ1) is 11.2. The summed E-state index contributed by atoms with van der Waals surface area (Å²) >= 11 is 0. The molecule has 2 saturated heterocycles. The van der Waals surface area contributed by atoms with Gasteiger partial charge in [-0.25, -0.2) is 4.98 Å². The minimum Gasteiger partial charge on any atom is -0.342 e. The van der Waals surface area contributed by atoms with E-state index in [1.807, 2.05) is 22.3 Å². The molecule has 6 heteroatoms. The molecule has 3 heterocycles. The molecule has 4 rings (SSSR count). The first-order valence-corrected chi connectivity index (χ1v) is 8.74.